The van der Waals surface area contributed by atoms with Crippen LogP contribution in [0.5, 0.6) is 0 Å². The van der Waals surface area contributed by atoms with E-state index in [0.717, 1.165) is 0 Å². The SMILES string of the molecule is C=CCOC(=O)Nc1cc(C(=O)O)c(Cl)cc1C. The van der Waals surface area contributed by atoms with Crippen LogP contribution in [-0.4, -0.2) is 23.8 Å². The first kappa shape index (κ1) is 14.1. The summed E-state index contributed by atoms with van der Waals surface area (Å²) in [6, 6.07) is 2.75. The third-order valence-electron chi connectivity index (χ3n) is 2.11. The number of ether oxygens (including phenoxy) is 1. The number of aryl methyl sites for hydroxylation is 1. The maximum Gasteiger partial charge on any atom is 0.411 e. The number of nitrogens with one attached hydrogen (secondary N) is 1. The number of hydrogen-bond donors (Lipinski definition) is 2. The molecule has 0 saturated heterocycles. The average molecular weight is 270 g/mol. The molecule has 6 heteroatoms. The Bertz CT molecular complexity index is 499. The van der Waals surface area contributed by atoms with E-state index in [1.54, 1.807) is 6.92 Å². The molecule has 0 atom stereocenters. The Hall–Kier alpha value is -2.01. The summed E-state index contributed by atoms with van der Waals surface area (Å²) in [5, 5.41) is 11.5. The lowest BCUT2D eigenvalue weighted by Crippen LogP contribution is -2.15. The van der Waals surface area contributed by atoms with Gasteiger partial charge in [0.2, 0.25) is 0 Å². The molecule has 1 aromatic carbocycles. The first-order valence-electron chi connectivity index (χ1n) is 5.03. The van der Waals surface area contributed by atoms with Gasteiger partial charge in [-0.25, -0.2) is 9.59 Å². The number of benzene rings is 1. The first-order chi connectivity index (χ1) is 8.45. The van der Waals surface area contributed by atoms with Gasteiger partial charge in [0, 0.05) is 5.69 Å². The van der Waals surface area contributed by atoms with E-state index in [9.17, 15) is 9.59 Å². The molecule has 0 saturated carbocycles. The Kier molecular flexibility index (Phi) is 4.74. The van der Waals surface area contributed by atoms with Crippen molar-refractivity contribution in [1.82, 2.24) is 0 Å². The molecule has 0 heterocycles. The fourth-order valence-corrected chi connectivity index (χ4v) is 1.55. The molecule has 0 bridgehead atoms. The number of anilines is 1. The zero-order chi connectivity index (χ0) is 13.7. The van der Waals surface area contributed by atoms with E-state index in [0.29, 0.717) is 11.3 Å². The van der Waals surface area contributed by atoms with E-state index in [1.165, 1.54) is 18.2 Å². The van der Waals surface area contributed by atoms with Crippen molar-refractivity contribution in [3.8, 4) is 0 Å². The number of carbonyl (C=O) groups is 2. The van der Waals surface area contributed by atoms with Crippen molar-refractivity contribution in [1.29, 1.82) is 0 Å². The summed E-state index contributed by atoms with van der Waals surface area (Å²) in [6.45, 7) is 5.17. The summed E-state index contributed by atoms with van der Waals surface area (Å²) < 4.78 is 4.73. The topological polar surface area (TPSA) is 75.6 Å². The highest BCUT2D eigenvalue weighted by atomic mass is 35.5. The second-order valence-electron chi connectivity index (χ2n) is 3.46. The summed E-state index contributed by atoms with van der Waals surface area (Å²) >= 11 is 5.78. The van der Waals surface area contributed by atoms with E-state index >= 15 is 0 Å². The van der Waals surface area contributed by atoms with Crippen molar-refractivity contribution in [3.63, 3.8) is 0 Å². The smallest absolute Gasteiger partial charge is 0.411 e. The van der Waals surface area contributed by atoms with Crippen molar-refractivity contribution in [2.45, 2.75) is 6.92 Å². The molecule has 5 nitrogen and oxygen atoms in total. The molecule has 0 fully saturated rings. The van der Waals surface area contributed by atoms with Gasteiger partial charge in [0.15, 0.2) is 0 Å². The fourth-order valence-electron chi connectivity index (χ4n) is 1.25. The molecule has 1 amide bonds. The molecule has 0 spiro atoms. The number of halogens is 1. The van der Waals surface area contributed by atoms with Crippen LogP contribution in [0.4, 0.5) is 10.5 Å². The summed E-state index contributed by atoms with van der Waals surface area (Å²) in [5.74, 6) is -1.16. The molecule has 0 aromatic heterocycles. The average Bonchev–Trinajstić information content (AvgIpc) is 2.29. The molecule has 0 unspecified atom stereocenters. The lowest BCUT2D eigenvalue weighted by molar-refractivity contribution is 0.0697. The normalized spacial score (nSPS) is 9.67. The third kappa shape index (κ3) is 3.49. The van der Waals surface area contributed by atoms with Crippen LogP contribution in [0.15, 0.2) is 24.8 Å². The maximum atomic E-state index is 11.3. The van der Waals surface area contributed by atoms with Crippen LogP contribution in [0.3, 0.4) is 0 Å². The minimum absolute atomic E-state index is 0.0737. The fraction of sp³-hybridized carbons (Fsp3) is 0.167. The maximum absolute atomic E-state index is 11.3. The van der Waals surface area contributed by atoms with Gasteiger partial charge in [-0.1, -0.05) is 24.3 Å². The van der Waals surface area contributed by atoms with Gasteiger partial charge < -0.3 is 9.84 Å². The standard InChI is InChI=1S/C12H12ClNO4/c1-3-4-18-12(17)14-10-6-8(11(15)16)9(13)5-7(10)2/h3,5-6H,1,4H2,2H3,(H,14,17)(H,15,16). The minimum atomic E-state index is -1.16. The van der Waals surface area contributed by atoms with Crippen molar-refractivity contribution in [2.75, 3.05) is 11.9 Å². The first-order valence-corrected chi connectivity index (χ1v) is 5.41. The number of carboxylic acids is 1. The van der Waals surface area contributed by atoms with E-state index in [1.807, 2.05) is 0 Å². The van der Waals surface area contributed by atoms with Crippen LogP contribution in [0.2, 0.25) is 5.02 Å². The lowest BCUT2D eigenvalue weighted by atomic mass is 10.1. The number of carbonyl (C=O) groups excluding carboxylic acids is 1. The zero-order valence-electron chi connectivity index (χ0n) is 9.70. The number of aromatic carboxylic acids is 1. The molecular formula is C12H12ClNO4. The van der Waals surface area contributed by atoms with E-state index in [-0.39, 0.29) is 17.2 Å². The largest absolute Gasteiger partial charge is 0.478 e. The van der Waals surface area contributed by atoms with Crippen molar-refractivity contribution in [2.24, 2.45) is 0 Å². The minimum Gasteiger partial charge on any atom is -0.478 e. The summed E-state index contributed by atoms with van der Waals surface area (Å²) in [7, 11) is 0. The Balaban J connectivity index is 2.95. The predicted molar refractivity (Wildman–Crippen MR) is 68.3 cm³/mol. The molecular weight excluding hydrogens is 258 g/mol. The van der Waals surface area contributed by atoms with Gasteiger partial charge in [-0.05, 0) is 24.6 Å². The second-order valence-corrected chi connectivity index (χ2v) is 3.87. The van der Waals surface area contributed by atoms with Gasteiger partial charge in [-0.3, -0.25) is 5.32 Å². The predicted octanol–water partition coefficient (Wildman–Crippen LogP) is 3.08. The lowest BCUT2D eigenvalue weighted by Gasteiger charge is -2.10. The molecule has 0 aliphatic heterocycles. The van der Waals surface area contributed by atoms with E-state index < -0.39 is 12.1 Å². The third-order valence-corrected chi connectivity index (χ3v) is 2.43. The highest BCUT2D eigenvalue weighted by molar-refractivity contribution is 6.33. The van der Waals surface area contributed by atoms with Gasteiger partial charge in [-0.15, -0.1) is 0 Å². The second kappa shape index (κ2) is 6.07. The molecule has 96 valence electrons. The summed E-state index contributed by atoms with van der Waals surface area (Å²) in [6.07, 6.45) is 0.744. The summed E-state index contributed by atoms with van der Waals surface area (Å²) in [4.78, 5) is 22.2. The highest BCUT2D eigenvalue weighted by Gasteiger charge is 2.13. The van der Waals surface area contributed by atoms with E-state index in [4.69, 9.17) is 21.4 Å². The van der Waals surface area contributed by atoms with Crippen LogP contribution >= 0.6 is 11.6 Å². The van der Waals surface area contributed by atoms with Crippen LogP contribution in [0.1, 0.15) is 15.9 Å². The molecule has 0 aliphatic carbocycles. The highest BCUT2D eigenvalue weighted by Crippen LogP contribution is 2.25. The molecule has 0 radical (unpaired) electrons. The number of carboxylic acid groups (broad SMARTS) is 1. The number of rotatable bonds is 4. The Labute approximate surface area is 109 Å². The van der Waals surface area contributed by atoms with Crippen molar-refractivity contribution in [3.05, 3.63) is 40.9 Å². The Morgan fingerprint density at radius 1 is 1.56 bits per heavy atom. The monoisotopic (exact) mass is 269 g/mol. The van der Waals surface area contributed by atoms with E-state index in [2.05, 4.69) is 11.9 Å². The van der Waals surface area contributed by atoms with Crippen LogP contribution in [-0.2, 0) is 4.74 Å². The molecule has 18 heavy (non-hydrogen) atoms. The number of hydrogen-bond acceptors (Lipinski definition) is 3. The molecule has 2 N–H and O–H groups in total. The van der Waals surface area contributed by atoms with Gasteiger partial charge in [0.1, 0.15) is 6.61 Å². The zero-order valence-corrected chi connectivity index (χ0v) is 10.5. The van der Waals surface area contributed by atoms with Crippen LogP contribution in [0.25, 0.3) is 0 Å². The van der Waals surface area contributed by atoms with Gasteiger partial charge in [-0.2, -0.15) is 0 Å². The number of amides is 1. The van der Waals surface area contributed by atoms with Crippen molar-refractivity contribution < 1.29 is 19.4 Å². The van der Waals surface area contributed by atoms with Gasteiger partial charge in [0.05, 0.1) is 10.6 Å². The summed E-state index contributed by atoms with van der Waals surface area (Å²) in [5.41, 5.74) is 0.896. The van der Waals surface area contributed by atoms with Crippen LogP contribution < -0.4 is 5.32 Å². The van der Waals surface area contributed by atoms with Gasteiger partial charge in [0.25, 0.3) is 0 Å². The van der Waals surface area contributed by atoms with Crippen LogP contribution in [0, 0.1) is 6.92 Å². The van der Waals surface area contributed by atoms with Gasteiger partial charge >= 0.3 is 12.1 Å². The molecule has 1 rings (SSSR count). The Morgan fingerprint density at radius 3 is 2.78 bits per heavy atom. The molecule has 0 aliphatic rings. The Morgan fingerprint density at radius 2 is 2.22 bits per heavy atom. The van der Waals surface area contributed by atoms with Crippen molar-refractivity contribution >= 4 is 29.4 Å². The molecule has 1 aromatic rings. The quantitative estimate of drug-likeness (QED) is 0.824.